The van der Waals surface area contributed by atoms with Gasteiger partial charge in [0.05, 0.1) is 0 Å². The fourth-order valence-corrected chi connectivity index (χ4v) is 4.53. The number of benzene rings is 2. The first-order valence-corrected chi connectivity index (χ1v) is 14.0. The normalized spacial score (nSPS) is 14.6. The van der Waals surface area contributed by atoms with Crippen LogP contribution in [0.4, 0.5) is 4.79 Å². The molecule has 2 aromatic carbocycles. The van der Waals surface area contributed by atoms with Gasteiger partial charge >= 0.3 is 6.09 Å². The van der Waals surface area contributed by atoms with Gasteiger partial charge < -0.3 is 20.3 Å². The third-order valence-electron chi connectivity index (χ3n) is 6.53. The lowest BCUT2D eigenvalue weighted by Crippen LogP contribution is -2.54. The molecule has 1 aliphatic carbocycles. The first kappa shape index (κ1) is 29.9. The van der Waals surface area contributed by atoms with E-state index in [1.165, 1.54) is 0 Å². The molecule has 2 N–H and O–H groups in total. The minimum Gasteiger partial charge on any atom is -0.444 e. The molecule has 3 rings (SSSR count). The first-order chi connectivity index (χ1) is 18.6. The van der Waals surface area contributed by atoms with E-state index in [0.717, 1.165) is 48.8 Å². The average molecular weight is 534 g/mol. The third-order valence-corrected chi connectivity index (χ3v) is 6.53. The van der Waals surface area contributed by atoms with Crippen molar-refractivity contribution in [3.05, 3.63) is 77.9 Å². The summed E-state index contributed by atoms with van der Waals surface area (Å²) in [5.74, 6) is -0.520. The van der Waals surface area contributed by atoms with Crippen LogP contribution < -0.4 is 10.6 Å². The molecule has 1 saturated carbocycles. The zero-order valence-electron chi connectivity index (χ0n) is 23.7. The molecule has 0 bridgehead atoms. The van der Waals surface area contributed by atoms with Gasteiger partial charge in [-0.05, 0) is 62.8 Å². The molecule has 0 aliphatic heterocycles. The molecule has 0 spiro atoms. The van der Waals surface area contributed by atoms with Crippen LogP contribution in [-0.4, -0.2) is 47.0 Å². The molecular formula is C32H43N3O4. The van der Waals surface area contributed by atoms with Gasteiger partial charge in [-0.3, -0.25) is 9.59 Å². The second kappa shape index (κ2) is 14.0. The van der Waals surface area contributed by atoms with Crippen LogP contribution >= 0.6 is 0 Å². The highest BCUT2D eigenvalue weighted by molar-refractivity contribution is 5.93. The summed E-state index contributed by atoms with van der Waals surface area (Å²) in [6, 6.07) is 15.3. The van der Waals surface area contributed by atoms with Gasteiger partial charge in [0.1, 0.15) is 17.7 Å². The minimum absolute atomic E-state index is 0.0880. The second-order valence-corrected chi connectivity index (χ2v) is 11.1. The van der Waals surface area contributed by atoms with Gasteiger partial charge in [0.15, 0.2) is 0 Å². The Balaban J connectivity index is 1.98. The second-order valence-electron chi connectivity index (χ2n) is 11.1. The molecule has 0 saturated heterocycles. The Labute approximate surface area is 233 Å². The van der Waals surface area contributed by atoms with E-state index in [9.17, 15) is 14.4 Å². The molecule has 0 radical (unpaired) electrons. The number of amides is 3. The van der Waals surface area contributed by atoms with Crippen molar-refractivity contribution < 1.29 is 19.1 Å². The van der Waals surface area contributed by atoms with Crippen molar-refractivity contribution in [2.45, 2.75) is 89.9 Å². The minimum atomic E-state index is -0.902. The smallest absolute Gasteiger partial charge is 0.408 e. The van der Waals surface area contributed by atoms with E-state index in [1.807, 2.05) is 54.6 Å². The number of ether oxygens (including phenoxy) is 1. The maximum Gasteiger partial charge on any atom is 0.408 e. The van der Waals surface area contributed by atoms with E-state index < -0.39 is 23.8 Å². The van der Waals surface area contributed by atoms with Crippen LogP contribution in [0.25, 0.3) is 6.08 Å². The molecule has 2 aromatic rings. The molecule has 0 heterocycles. The number of carbonyl (C=O) groups is 3. The SMILES string of the molecule is C=Cc1cccc(C(C(=O)NCCCCC)N(C(=O)C(Cc2ccccc2)NC(=O)OC(C)(C)C)C2CC2)c1. The molecule has 2 unspecified atom stereocenters. The van der Waals surface area contributed by atoms with Gasteiger partial charge in [0.2, 0.25) is 11.8 Å². The molecule has 7 nitrogen and oxygen atoms in total. The summed E-state index contributed by atoms with van der Waals surface area (Å²) in [4.78, 5) is 42.6. The lowest BCUT2D eigenvalue weighted by Gasteiger charge is -2.35. The Hall–Kier alpha value is -3.61. The number of rotatable bonds is 13. The number of unbranched alkanes of at least 4 members (excludes halogenated alkanes) is 2. The first-order valence-electron chi connectivity index (χ1n) is 14.0. The Bertz CT molecular complexity index is 1120. The van der Waals surface area contributed by atoms with Crippen LogP contribution in [0.3, 0.4) is 0 Å². The topological polar surface area (TPSA) is 87.7 Å². The van der Waals surface area contributed by atoms with Gasteiger partial charge in [-0.1, -0.05) is 81.0 Å². The summed E-state index contributed by atoms with van der Waals surface area (Å²) in [5, 5.41) is 5.87. The molecule has 39 heavy (non-hydrogen) atoms. The van der Waals surface area contributed by atoms with E-state index >= 15 is 0 Å². The van der Waals surface area contributed by atoms with Crippen LogP contribution in [-0.2, 0) is 20.7 Å². The molecular weight excluding hydrogens is 490 g/mol. The molecule has 210 valence electrons. The highest BCUT2D eigenvalue weighted by Crippen LogP contribution is 2.36. The number of hydrogen-bond acceptors (Lipinski definition) is 4. The van der Waals surface area contributed by atoms with Gasteiger partial charge in [-0.15, -0.1) is 0 Å². The number of nitrogens with one attached hydrogen (secondary N) is 2. The van der Waals surface area contributed by atoms with Gasteiger partial charge in [-0.2, -0.15) is 0 Å². The van der Waals surface area contributed by atoms with Crippen molar-refractivity contribution in [2.24, 2.45) is 0 Å². The predicted molar refractivity (Wildman–Crippen MR) is 155 cm³/mol. The number of hydrogen-bond donors (Lipinski definition) is 2. The van der Waals surface area contributed by atoms with Crippen molar-refractivity contribution in [3.8, 4) is 0 Å². The average Bonchev–Trinajstić information content (AvgIpc) is 3.73. The van der Waals surface area contributed by atoms with Gasteiger partial charge in [0, 0.05) is 19.0 Å². The van der Waals surface area contributed by atoms with Crippen molar-refractivity contribution >= 4 is 24.0 Å². The Morgan fingerprint density at radius 2 is 1.79 bits per heavy atom. The number of alkyl carbamates (subject to hydrolysis) is 1. The molecule has 0 aromatic heterocycles. The summed E-state index contributed by atoms with van der Waals surface area (Å²) in [7, 11) is 0. The van der Waals surface area contributed by atoms with E-state index in [1.54, 1.807) is 31.7 Å². The highest BCUT2D eigenvalue weighted by Gasteiger charge is 2.44. The lowest BCUT2D eigenvalue weighted by atomic mass is 9.98. The van der Waals surface area contributed by atoms with Crippen molar-refractivity contribution in [1.29, 1.82) is 0 Å². The van der Waals surface area contributed by atoms with Crippen molar-refractivity contribution in [1.82, 2.24) is 15.5 Å². The van der Waals surface area contributed by atoms with Crippen molar-refractivity contribution in [2.75, 3.05) is 6.54 Å². The maximum atomic E-state index is 14.3. The highest BCUT2D eigenvalue weighted by atomic mass is 16.6. The van der Waals surface area contributed by atoms with Crippen LogP contribution in [0.2, 0.25) is 0 Å². The summed E-state index contributed by atoms with van der Waals surface area (Å²) in [5.41, 5.74) is 1.77. The summed E-state index contributed by atoms with van der Waals surface area (Å²) < 4.78 is 5.50. The standard InChI is InChI=1S/C32H43N3O4/c1-6-8-12-20-33-29(36)28(25-17-13-16-23(7-2)21-25)35(26-18-19-26)30(37)27(22-24-14-10-9-11-15-24)34-31(38)39-32(3,4)5/h7,9-11,13-17,21,26-28H,2,6,8,12,18-20,22H2,1,3-5H3,(H,33,36)(H,34,38). The van der Waals surface area contributed by atoms with Gasteiger partial charge in [0.25, 0.3) is 0 Å². The summed E-state index contributed by atoms with van der Waals surface area (Å²) >= 11 is 0. The van der Waals surface area contributed by atoms with Crippen LogP contribution in [0.15, 0.2) is 61.2 Å². The quantitative estimate of drug-likeness (QED) is 0.318. The molecule has 2 atom stereocenters. The zero-order chi connectivity index (χ0) is 28.4. The molecule has 1 aliphatic rings. The molecule has 7 heteroatoms. The molecule has 1 fully saturated rings. The molecule has 3 amide bonds. The monoisotopic (exact) mass is 533 g/mol. The maximum absolute atomic E-state index is 14.3. The van der Waals surface area contributed by atoms with E-state index in [2.05, 4.69) is 24.1 Å². The summed E-state index contributed by atoms with van der Waals surface area (Å²) in [6.07, 6.45) is 5.88. The largest absolute Gasteiger partial charge is 0.444 e. The number of nitrogens with zero attached hydrogens (tertiary/aromatic N) is 1. The number of carbonyl (C=O) groups excluding carboxylic acids is 3. The van der Waals surface area contributed by atoms with E-state index in [0.29, 0.717) is 6.54 Å². The summed E-state index contributed by atoms with van der Waals surface area (Å²) in [6.45, 7) is 11.9. The Morgan fingerprint density at radius 3 is 2.41 bits per heavy atom. The zero-order valence-corrected chi connectivity index (χ0v) is 23.7. The van der Waals surface area contributed by atoms with E-state index in [-0.39, 0.29) is 24.3 Å². The van der Waals surface area contributed by atoms with Gasteiger partial charge in [-0.25, -0.2) is 4.79 Å². The fraction of sp³-hybridized carbons (Fsp3) is 0.469. The third kappa shape index (κ3) is 9.27. The Kier molecular flexibility index (Phi) is 10.7. The van der Waals surface area contributed by atoms with Crippen LogP contribution in [0, 0.1) is 0 Å². The Morgan fingerprint density at radius 1 is 1.08 bits per heavy atom. The predicted octanol–water partition coefficient (Wildman–Crippen LogP) is 5.80. The van der Waals surface area contributed by atoms with Crippen molar-refractivity contribution in [3.63, 3.8) is 0 Å². The van der Waals surface area contributed by atoms with Crippen LogP contribution in [0.1, 0.15) is 82.5 Å². The van der Waals surface area contributed by atoms with Crippen LogP contribution in [0.5, 0.6) is 0 Å². The van der Waals surface area contributed by atoms with E-state index in [4.69, 9.17) is 4.74 Å². The fourth-order valence-electron chi connectivity index (χ4n) is 4.53. The lowest BCUT2D eigenvalue weighted by molar-refractivity contribution is -0.143.